The number of aryl methyl sites for hydroxylation is 1. The summed E-state index contributed by atoms with van der Waals surface area (Å²) in [5.41, 5.74) is 1.55. The van der Waals surface area contributed by atoms with Gasteiger partial charge in [-0.25, -0.2) is 4.79 Å². The van der Waals surface area contributed by atoms with Gasteiger partial charge in [0.1, 0.15) is 11.8 Å². The van der Waals surface area contributed by atoms with Crippen molar-refractivity contribution < 1.29 is 14.7 Å². The Morgan fingerprint density at radius 1 is 1.26 bits per heavy atom. The van der Waals surface area contributed by atoms with Gasteiger partial charge in [0.15, 0.2) is 0 Å². The summed E-state index contributed by atoms with van der Waals surface area (Å²) >= 11 is 0. The van der Waals surface area contributed by atoms with Crippen LogP contribution in [0.2, 0.25) is 0 Å². The van der Waals surface area contributed by atoms with Crippen LogP contribution in [0, 0.1) is 6.92 Å². The van der Waals surface area contributed by atoms with E-state index < -0.39 is 12.0 Å². The number of amides is 1. The molecule has 0 radical (unpaired) electrons. The van der Waals surface area contributed by atoms with Crippen molar-refractivity contribution in [1.29, 1.82) is 0 Å². The van der Waals surface area contributed by atoms with E-state index in [9.17, 15) is 9.59 Å². The predicted octanol–water partition coefficient (Wildman–Crippen LogP) is 1.45. The van der Waals surface area contributed by atoms with E-state index in [0.29, 0.717) is 12.0 Å². The summed E-state index contributed by atoms with van der Waals surface area (Å²) in [5, 5.41) is 11.7. The minimum atomic E-state index is -0.981. The number of nitrogens with one attached hydrogen (secondary N) is 1. The van der Waals surface area contributed by atoms with Gasteiger partial charge in [-0.2, -0.15) is 0 Å². The number of benzene rings is 1. The number of carboxylic acids is 1. The first kappa shape index (κ1) is 15.6. The molecule has 0 aliphatic heterocycles. The summed E-state index contributed by atoms with van der Waals surface area (Å²) in [6.07, 6.45) is 4.57. The molecule has 0 aliphatic carbocycles. The van der Waals surface area contributed by atoms with Gasteiger partial charge in [0.2, 0.25) is 0 Å². The van der Waals surface area contributed by atoms with Crippen LogP contribution in [0.5, 0.6) is 0 Å². The number of carboxylic acid groups (broad SMARTS) is 1. The minimum absolute atomic E-state index is 0.170. The van der Waals surface area contributed by atoms with Crippen LogP contribution < -0.4 is 5.32 Å². The number of rotatable bonds is 6. The molecule has 2 N–H and O–H groups in total. The van der Waals surface area contributed by atoms with Crippen molar-refractivity contribution in [2.24, 2.45) is 0 Å². The van der Waals surface area contributed by atoms with Gasteiger partial charge in [-0.1, -0.05) is 17.7 Å². The molecule has 0 saturated carbocycles. The molecular weight excluding hydrogens is 262 g/mol. The maximum atomic E-state index is 11.9. The number of carbonyl (C=O) groups excluding carboxylic acids is 1. The number of carbonyl (C=O) groups is 2. The third-order valence-corrected chi connectivity index (χ3v) is 3.78. The highest BCUT2D eigenvalue weighted by Crippen LogP contribution is 2.05. The summed E-state index contributed by atoms with van der Waals surface area (Å²) in [6.45, 7) is 1.94. The third-order valence-electron chi connectivity index (χ3n) is 2.73. The lowest BCUT2D eigenvalue weighted by molar-refractivity contribution is -0.139. The average molecular weight is 282 g/mol. The maximum Gasteiger partial charge on any atom is 0.326 e. The van der Waals surface area contributed by atoms with Crippen LogP contribution >= 0.6 is 0 Å². The second-order valence-corrected chi connectivity index (χ2v) is 7.09. The molecule has 1 aromatic rings. The summed E-state index contributed by atoms with van der Waals surface area (Å²) in [6, 6.07) is 6.26. The first-order valence-electron chi connectivity index (χ1n) is 6.04. The van der Waals surface area contributed by atoms with Gasteiger partial charge in [0.25, 0.3) is 5.91 Å². The monoisotopic (exact) mass is 282 g/mol. The van der Waals surface area contributed by atoms with E-state index in [0.717, 1.165) is 11.3 Å². The van der Waals surface area contributed by atoms with E-state index in [1.807, 2.05) is 19.1 Å². The Morgan fingerprint density at radius 3 is 2.32 bits per heavy atom. The molecule has 5 heteroatoms. The standard InChI is InChI=1S/C14H19NO3S/c1-10-4-6-11(7-5-10)13(16)15-12(14(17)18)8-9-19(2)3/h4-7,12H,8-9H2,1-3H3,(H-,15,16,17,18)/p+1. The minimum Gasteiger partial charge on any atom is -0.480 e. The first-order chi connectivity index (χ1) is 8.90. The topological polar surface area (TPSA) is 66.4 Å². The van der Waals surface area contributed by atoms with Gasteiger partial charge in [0.05, 0.1) is 12.5 Å². The van der Waals surface area contributed by atoms with Crippen molar-refractivity contribution in [3.8, 4) is 0 Å². The lowest BCUT2D eigenvalue weighted by Crippen LogP contribution is -2.41. The molecule has 104 valence electrons. The van der Waals surface area contributed by atoms with E-state index in [4.69, 9.17) is 5.11 Å². The fraction of sp³-hybridized carbons (Fsp3) is 0.429. The third kappa shape index (κ3) is 5.34. The van der Waals surface area contributed by atoms with Gasteiger partial charge >= 0.3 is 5.97 Å². The number of hydrogen-bond acceptors (Lipinski definition) is 2. The zero-order valence-corrected chi connectivity index (χ0v) is 12.3. The number of hydrogen-bond donors (Lipinski definition) is 2. The van der Waals surface area contributed by atoms with Crippen LogP contribution in [-0.2, 0) is 15.7 Å². The molecule has 0 aliphatic rings. The Kier molecular flexibility index (Phi) is 5.89. The average Bonchev–Trinajstić information content (AvgIpc) is 2.34. The Morgan fingerprint density at radius 2 is 1.84 bits per heavy atom. The molecule has 19 heavy (non-hydrogen) atoms. The van der Waals surface area contributed by atoms with Crippen LogP contribution in [0.25, 0.3) is 0 Å². The van der Waals surface area contributed by atoms with Gasteiger partial charge in [0, 0.05) is 12.0 Å². The van der Waals surface area contributed by atoms with Crippen LogP contribution in [-0.4, -0.2) is 41.3 Å². The summed E-state index contributed by atoms with van der Waals surface area (Å²) < 4.78 is 0. The van der Waals surface area contributed by atoms with Crippen LogP contribution in [0.3, 0.4) is 0 Å². The highest BCUT2D eigenvalue weighted by molar-refractivity contribution is 7.95. The zero-order valence-electron chi connectivity index (χ0n) is 11.5. The quantitative estimate of drug-likeness (QED) is 0.776. The van der Waals surface area contributed by atoms with Crippen LogP contribution in [0.4, 0.5) is 0 Å². The van der Waals surface area contributed by atoms with Crippen molar-refractivity contribution in [3.63, 3.8) is 0 Å². The van der Waals surface area contributed by atoms with Gasteiger partial charge in [-0.3, -0.25) is 4.79 Å². The molecule has 0 heterocycles. The Balaban J connectivity index is 2.65. The van der Waals surface area contributed by atoms with Gasteiger partial charge in [-0.15, -0.1) is 0 Å². The summed E-state index contributed by atoms with van der Waals surface area (Å²) in [4.78, 5) is 23.1. The van der Waals surface area contributed by atoms with Crippen molar-refractivity contribution in [2.75, 3.05) is 18.3 Å². The Bertz CT molecular complexity index is 443. The van der Waals surface area contributed by atoms with E-state index in [1.54, 1.807) is 12.1 Å². The van der Waals surface area contributed by atoms with Crippen LogP contribution in [0.15, 0.2) is 24.3 Å². The second-order valence-electron chi connectivity index (χ2n) is 4.71. The molecule has 1 aromatic carbocycles. The predicted molar refractivity (Wildman–Crippen MR) is 78.8 cm³/mol. The number of aliphatic carboxylic acids is 1. The lowest BCUT2D eigenvalue weighted by Gasteiger charge is -2.13. The molecular formula is C14H20NO3S+. The smallest absolute Gasteiger partial charge is 0.326 e. The van der Waals surface area contributed by atoms with E-state index in [-0.39, 0.29) is 16.8 Å². The van der Waals surface area contributed by atoms with E-state index in [1.165, 1.54) is 0 Å². The Hall–Kier alpha value is -1.49. The SMILES string of the molecule is Cc1ccc(C(=O)NC(CC[S+](C)C)C(=O)O)cc1. The van der Waals surface area contributed by atoms with Crippen molar-refractivity contribution in [2.45, 2.75) is 19.4 Å². The first-order valence-corrected chi connectivity index (χ1v) is 8.25. The molecule has 0 fully saturated rings. The molecule has 0 aromatic heterocycles. The molecule has 0 bridgehead atoms. The maximum absolute atomic E-state index is 11.9. The molecule has 1 amide bonds. The van der Waals surface area contributed by atoms with Crippen molar-refractivity contribution >= 4 is 22.8 Å². The normalized spacial score (nSPS) is 12.2. The van der Waals surface area contributed by atoms with Crippen molar-refractivity contribution in [3.05, 3.63) is 35.4 Å². The lowest BCUT2D eigenvalue weighted by atomic mass is 10.1. The van der Waals surface area contributed by atoms with E-state index >= 15 is 0 Å². The molecule has 1 unspecified atom stereocenters. The fourth-order valence-corrected chi connectivity index (χ4v) is 2.26. The highest BCUT2D eigenvalue weighted by Gasteiger charge is 2.22. The molecule has 1 atom stereocenters. The second kappa shape index (κ2) is 7.19. The Labute approximate surface area is 116 Å². The van der Waals surface area contributed by atoms with E-state index in [2.05, 4.69) is 17.8 Å². The largest absolute Gasteiger partial charge is 0.480 e. The molecule has 0 saturated heterocycles. The summed E-state index contributed by atoms with van der Waals surface area (Å²) in [7, 11) is 0.170. The van der Waals surface area contributed by atoms with Crippen molar-refractivity contribution in [1.82, 2.24) is 5.32 Å². The highest BCUT2D eigenvalue weighted by atomic mass is 32.2. The molecule has 0 spiro atoms. The van der Waals surface area contributed by atoms with Gasteiger partial charge in [-0.05, 0) is 30.0 Å². The molecule has 4 nitrogen and oxygen atoms in total. The van der Waals surface area contributed by atoms with Crippen LogP contribution in [0.1, 0.15) is 22.3 Å². The van der Waals surface area contributed by atoms with Gasteiger partial charge < -0.3 is 10.4 Å². The fourth-order valence-electron chi connectivity index (χ4n) is 1.56. The molecule has 1 rings (SSSR count). The summed E-state index contributed by atoms with van der Waals surface area (Å²) in [5.74, 6) is -0.518. The zero-order chi connectivity index (χ0) is 14.4.